The molecule has 1 fully saturated rings. The van der Waals surface area contributed by atoms with Gasteiger partial charge in [0.1, 0.15) is 0 Å². The van der Waals surface area contributed by atoms with E-state index in [2.05, 4.69) is 19.2 Å². The van der Waals surface area contributed by atoms with Crippen molar-refractivity contribution in [2.75, 3.05) is 20.1 Å². The molecule has 0 radical (unpaired) electrons. The molecular formula is C11H22N2O. The molecule has 1 saturated heterocycles. The van der Waals surface area contributed by atoms with Gasteiger partial charge in [-0.05, 0) is 31.7 Å². The summed E-state index contributed by atoms with van der Waals surface area (Å²) >= 11 is 0. The van der Waals surface area contributed by atoms with Crippen molar-refractivity contribution in [3.8, 4) is 0 Å². The van der Waals surface area contributed by atoms with Crippen molar-refractivity contribution in [2.24, 2.45) is 5.92 Å². The molecule has 0 aromatic carbocycles. The van der Waals surface area contributed by atoms with E-state index < -0.39 is 0 Å². The van der Waals surface area contributed by atoms with Crippen LogP contribution < -0.4 is 5.32 Å². The standard InChI is InChI=1S/C11H22N2O/c1-9(2)6-8-13(3)11(14)10-5-4-7-12-10/h9-10,12H,4-8H2,1-3H3/t10-/m1/s1. The van der Waals surface area contributed by atoms with E-state index in [9.17, 15) is 4.79 Å². The van der Waals surface area contributed by atoms with E-state index in [1.807, 2.05) is 11.9 Å². The van der Waals surface area contributed by atoms with E-state index in [1.165, 1.54) is 0 Å². The van der Waals surface area contributed by atoms with E-state index in [1.54, 1.807) is 0 Å². The Kier molecular flexibility index (Phi) is 4.39. The lowest BCUT2D eigenvalue weighted by atomic mass is 10.1. The quantitative estimate of drug-likeness (QED) is 0.737. The predicted molar refractivity (Wildman–Crippen MR) is 58.1 cm³/mol. The molecule has 14 heavy (non-hydrogen) atoms. The SMILES string of the molecule is CC(C)CCN(C)C(=O)[C@H]1CCCN1. The first kappa shape index (κ1) is 11.5. The molecule has 1 atom stereocenters. The van der Waals surface area contributed by atoms with Gasteiger partial charge in [0.15, 0.2) is 0 Å². The molecule has 1 N–H and O–H groups in total. The highest BCUT2D eigenvalue weighted by atomic mass is 16.2. The minimum Gasteiger partial charge on any atom is -0.344 e. The van der Waals surface area contributed by atoms with Gasteiger partial charge in [-0.1, -0.05) is 13.8 Å². The summed E-state index contributed by atoms with van der Waals surface area (Å²) in [6.45, 7) is 6.25. The van der Waals surface area contributed by atoms with Gasteiger partial charge in [-0.15, -0.1) is 0 Å². The fraction of sp³-hybridized carbons (Fsp3) is 0.909. The van der Waals surface area contributed by atoms with E-state index in [-0.39, 0.29) is 11.9 Å². The van der Waals surface area contributed by atoms with Crippen LogP contribution in [0.1, 0.15) is 33.1 Å². The molecular weight excluding hydrogens is 176 g/mol. The number of likely N-dealkylation sites (N-methyl/N-ethyl adjacent to an activating group) is 1. The molecule has 0 saturated carbocycles. The smallest absolute Gasteiger partial charge is 0.239 e. The molecule has 1 amide bonds. The molecule has 0 unspecified atom stereocenters. The maximum absolute atomic E-state index is 11.8. The molecule has 0 aliphatic carbocycles. The lowest BCUT2D eigenvalue weighted by molar-refractivity contribution is -0.131. The fourth-order valence-corrected chi connectivity index (χ4v) is 1.72. The summed E-state index contributed by atoms with van der Waals surface area (Å²) in [5, 5.41) is 3.23. The molecule has 0 spiro atoms. The van der Waals surface area contributed by atoms with Crippen LogP contribution in [-0.2, 0) is 4.79 Å². The van der Waals surface area contributed by atoms with Gasteiger partial charge < -0.3 is 10.2 Å². The van der Waals surface area contributed by atoms with Gasteiger partial charge in [0.2, 0.25) is 5.91 Å². The third-order valence-corrected chi connectivity index (χ3v) is 2.78. The zero-order valence-corrected chi connectivity index (χ0v) is 9.55. The van der Waals surface area contributed by atoms with Gasteiger partial charge in [0.25, 0.3) is 0 Å². The summed E-state index contributed by atoms with van der Waals surface area (Å²) in [6, 6.07) is 0.0900. The van der Waals surface area contributed by atoms with Gasteiger partial charge in [-0.25, -0.2) is 0 Å². The molecule has 3 nitrogen and oxygen atoms in total. The maximum Gasteiger partial charge on any atom is 0.239 e. The molecule has 82 valence electrons. The molecule has 1 heterocycles. The van der Waals surface area contributed by atoms with E-state index in [4.69, 9.17) is 0 Å². The van der Waals surface area contributed by atoms with Crippen LogP contribution in [0.15, 0.2) is 0 Å². The normalized spacial score (nSPS) is 21.6. The average Bonchev–Trinajstić information content (AvgIpc) is 2.65. The number of carbonyl (C=O) groups is 1. The molecule has 0 bridgehead atoms. The summed E-state index contributed by atoms with van der Waals surface area (Å²) in [5.74, 6) is 0.935. The van der Waals surface area contributed by atoms with E-state index in [0.717, 1.165) is 32.4 Å². The molecule has 0 aromatic rings. The van der Waals surface area contributed by atoms with Crippen molar-refractivity contribution in [2.45, 2.75) is 39.2 Å². The zero-order valence-electron chi connectivity index (χ0n) is 9.55. The number of hydrogen-bond acceptors (Lipinski definition) is 2. The fourth-order valence-electron chi connectivity index (χ4n) is 1.72. The Labute approximate surface area is 86.9 Å². The van der Waals surface area contributed by atoms with Crippen molar-refractivity contribution in [1.29, 1.82) is 0 Å². The third-order valence-electron chi connectivity index (χ3n) is 2.78. The van der Waals surface area contributed by atoms with E-state index >= 15 is 0 Å². The Balaban J connectivity index is 2.28. The Bertz CT molecular complexity index is 186. The van der Waals surface area contributed by atoms with Gasteiger partial charge >= 0.3 is 0 Å². The number of rotatable bonds is 4. The maximum atomic E-state index is 11.8. The van der Waals surface area contributed by atoms with Crippen LogP contribution >= 0.6 is 0 Å². The molecule has 1 aliphatic rings. The first-order valence-corrected chi connectivity index (χ1v) is 5.59. The lowest BCUT2D eigenvalue weighted by Gasteiger charge is -2.21. The second-order valence-corrected chi connectivity index (χ2v) is 4.59. The number of carbonyl (C=O) groups excluding carboxylic acids is 1. The zero-order chi connectivity index (χ0) is 10.6. The van der Waals surface area contributed by atoms with Crippen molar-refractivity contribution < 1.29 is 4.79 Å². The van der Waals surface area contributed by atoms with E-state index in [0.29, 0.717) is 5.92 Å². The third kappa shape index (κ3) is 3.29. The summed E-state index contributed by atoms with van der Waals surface area (Å²) in [6.07, 6.45) is 3.23. The number of hydrogen-bond donors (Lipinski definition) is 1. The highest BCUT2D eigenvalue weighted by Crippen LogP contribution is 2.09. The van der Waals surface area contributed by atoms with Crippen LogP contribution in [0.3, 0.4) is 0 Å². The summed E-state index contributed by atoms with van der Waals surface area (Å²) in [7, 11) is 1.91. The van der Waals surface area contributed by atoms with Gasteiger partial charge in [-0.2, -0.15) is 0 Å². The van der Waals surface area contributed by atoms with Crippen LogP contribution in [0.25, 0.3) is 0 Å². The largest absolute Gasteiger partial charge is 0.344 e. The highest BCUT2D eigenvalue weighted by Gasteiger charge is 2.24. The predicted octanol–water partition coefficient (Wildman–Crippen LogP) is 1.24. The van der Waals surface area contributed by atoms with Crippen LogP contribution in [0, 0.1) is 5.92 Å². The van der Waals surface area contributed by atoms with Crippen LogP contribution in [0.4, 0.5) is 0 Å². The minimum absolute atomic E-state index is 0.0900. The second-order valence-electron chi connectivity index (χ2n) is 4.59. The van der Waals surface area contributed by atoms with Crippen LogP contribution in [-0.4, -0.2) is 37.0 Å². The van der Waals surface area contributed by atoms with Crippen molar-refractivity contribution in [1.82, 2.24) is 10.2 Å². The Morgan fingerprint density at radius 2 is 2.29 bits per heavy atom. The summed E-state index contributed by atoms with van der Waals surface area (Å²) < 4.78 is 0. The minimum atomic E-state index is 0.0900. The Hall–Kier alpha value is -0.570. The first-order valence-electron chi connectivity index (χ1n) is 5.59. The van der Waals surface area contributed by atoms with Crippen LogP contribution in [0.2, 0.25) is 0 Å². The van der Waals surface area contributed by atoms with Gasteiger partial charge in [0.05, 0.1) is 6.04 Å². The highest BCUT2D eigenvalue weighted by molar-refractivity contribution is 5.81. The van der Waals surface area contributed by atoms with Crippen LogP contribution in [0.5, 0.6) is 0 Å². The van der Waals surface area contributed by atoms with Crippen molar-refractivity contribution >= 4 is 5.91 Å². The number of nitrogens with zero attached hydrogens (tertiary/aromatic N) is 1. The number of amides is 1. The molecule has 0 aromatic heterocycles. The average molecular weight is 198 g/mol. The molecule has 1 rings (SSSR count). The topological polar surface area (TPSA) is 32.3 Å². The Morgan fingerprint density at radius 3 is 2.79 bits per heavy atom. The monoisotopic (exact) mass is 198 g/mol. The number of nitrogens with one attached hydrogen (secondary N) is 1. The first-order chi connectivity index (χ1) is 6.61. The Morgan fingerprint density at radius 1 is 1.57 bits per heavy atom. The molecule has 1 aliphatic heterocycles. The van der Waals surface area contributed by atoms with Gasteiger partial charge in [0, 0.05) is 13.6 Å². The van der Waals surface area contributed by atoms with Gasteiger partial charge in [-0.3, -0.25) is 4.79 Å². The molecule has 3 heteroatoms. The summed E-state index contributed by atoms with van der Waals surface area (Å²) in [5.41, 5.74) is 0. The summed E-state index contributed by atoms with van der Waals surface area (Å²) in [4.78, 5) is 13.7. The lowest BCUT2D eigenvalue weighted by Crippen LogP contribution is -2.42. The van der Waals surface area contributed by atoms with Crippen molar-refractivity contribution in [3.05, 3.63) is 0 Å². The second kappa shape index (κ2) is 5.35. The van der Waals surface area contributed by atoms with Crippen molar-refractivity contribution in [3.63, 3.8) is 0 Å².